The smallest absolute Gasteiger partial charge is 0.230 e. The van der Waals surface area contributed by atoms with Crippen molar-refractivity contribution in [2.75, 3.05) is 24.6 Å². The third-order valence-corrected chi connectivity index (χ3v) is 5.03. The van der Waals surface area contributed by atoms with Crippen LogP contribution in [0.4, 0.5) is 15.2 Å². The lowest BCUT2D eigenvalue weighted by Gasteiger charge is -2.18. The average molecular weight is 349 g/mol. The van der Waals surface area contributed by atoms with E-state index in [0.717, 1.165) is 25.2 Å². The zero-order valence-electron chi connectivity index (χ0n) is 13.5. The number of rotatable bonds is 5. The quantitative estimate of drug-likeness (QED) is 0.902. The van der Waals surface area contributed by atoms with E-state index < -0.39 is 5.82 Å². The minimum absolute atomic E-state index is 0.213. The fourth-order valence-corrected chi connectivity index (χ4v) is 3.82. The molecule has 7 heteroatoms. The molecule has 1 amide bonds. The molecule has 2 aromatic rings. The van der Waals surface area contributed by atoms with Gasteiger partial charge in [-0.25, -0.2) is 9.37 Å². The van der Waals surface area contributed by atoms with Crippen LogP contribution in [0.1, 0.15) is 19.0 Å². The topological polar surface area (TPSA) is 56.7 Å². The lowest BCUT2D eigenvalue weighted by molar-refractivity contribution is -0.115. The Bertz CT molecular complexity index is 721. The van der Waals surface area contributed by atoms with Gasteiger partial charge < -0.3 is 5.11 Å². The molecule has 5 nitrogen and oxygen atoms in total. The van der Waals surface area contributed by atoms with Crippen molar-refractivity contribution in [3.8, 4) is 0 Å². The predicted molar refractivity (Wildman–Crippen MR) is 91.8 cm³/mol. The van der Waals surface area contributed by atoms with Crippen molar-refractivity contribution in [3.05, 3.63) is 41.2 Å². The van der Waals surface area contributed by atoms with Crippen molar-refractivity contribution in [1.29, 1.82) is 0 Å². The van der Waals surface area contributed by atoms with Crippen molar-refractivity contribution in [1.82, 2.24) is 9.88 Å². The normalized spacial score (nSPS) is 18.0. The second-order valence-electron chi connectivity index (χ2n) is 6.00. The van der Waals surface area contributed by atoms with Crippen molar-refractivity contribution < 1.29 is 14.3 Å². The summed E-state index contributed by atoms with van der Waals surface area (Å²) in [5.41, 5.74) is 1.07. The standard InChI is InChI=1S/C17H20FN3O2S/c1-12(23)21(16-5-3-2-4-15(16)18)17-19-14(11-24-17)9-20-7-6-13(8-20)10-22/h2-5,11,13,22H,6-10H2,1H3. The number of benzene rings is 1. The lowest BCUT2D eigenvalue weighted by Crippen LogP contribution is -2.24. The van der Waals surface area contributed by atoms with Crippen molar-refractivity contribution in [3.63, 3.8) is 0 Å². The highest BCUT2D eigenvalue weighted by Crippen LogP contribution is 2.31. The number of carbonyl (C=O) groups is 1. The van der Waals surface area contributed by atoms with E-state index >= 15 is 0 Å². The largest absolute Gasteiger partial charge is 0.396 e. The highest BCUT2D eigenvalue weighted by Gasteiger charge is 2.24. The zero-order valence-corrected chi connectivity index (χ0v) is 14.3. The summed E-state index contributed by atoms with van der Waals surface area (Å²) in [5.74, 6) is -0.396. The number of anilines is 2. The SMILES string of the molecule is CC(=O)N(c1nc(CN2CCC(CO)C2)cs1)c1ccccc1F. The lowest BCUT2D eigenvalue weighted by atomic mass is 10.1. The molecule has 1 fully saturated rings. The molecule has 1 unspecified atom stereocenters. The van der Waals surface area contributed by atoms with Crippen LogP contribution in [-0.2, 0) is 11.3 Å². The van der Waals surface area contributed by atoms with Gasteiger partial charge >= 0.3 is 0 Å². The Morgan fingerprint density at radius 1 is 1.50 bits per heavy atom. The van der Waals surface area contributed by atoms with Gasteiger partial charge in [-0.2, -0.15) is 0 Å². The van der Waals surface area contributed by atoms with E-state index in [9.17, 15) is 14.3 Å². The summed E-state index contributed by atoms with van der Waals surface area (Å²) in [4.78, 5) is 20.1. The summed E-state index contributed by atoms with van der Waals surface area (Å²) in [6.07, 6.45) is 0.988. The van der Waals surface area contributed by atoms with Crippen LogP contribution >= 0.6 is 11.3 Å². The first-order chi connectivity index (χ1) is 11.6. The monoisotopic (exact) mass is 349 g/mol. The van der Waals surface area contributed by atoms with Gasteiger partial charge in [-0.1, -0.05) is 12.1 Å². The molecule has 0 spiro atoms. The van der Waals surface area contributed by atoms with Crippen LogP contribution in [-0.4, -0.2) is 40.6 Å². The van der Waals surface area contributed by atoms with Crippen LogP contribution in [0.25, 0.3) is 0 Å². The van der Waals surface area contributed by atoms with E-state index in [0.29, 0.717) is 17.6 Å². The summed E-state index contributed by atoms with van der Waals surface area (Å²) < 4.78 is 14.1. The number of aliphatic hydroxyl groups excluding tert-OH is 1. The van der Waals surface area contributed by atoms with E-state index in [1.807, 2.05) is 5.38 Å². The summed E-state index contributed by atoms with van der Waals surface area (Å²) in [7, 11) is 0. The van der Waals surface area contributed by atoms with Crippen molar-refractivity contribution >= 4 is 28.1 Å². The molecule has 2 heterocycles. The number of aliphatic hydroxyl groups is 1. The van der Waals surface area contributed by atoms with Gasteiger partial charge in [0.1, 0.15) is 5.82 Å². The maximum Gasteiger partial charge on any atom is 0.230 e. The van der Waals surface area contributed by atoms with Crippen LogP contribution in [0.3, 0.4) is 0 Å². The van der Waals surface area contributed by atoms with E-state index in [-0.39, 0.29) is 18.2 Å². The highest BCUT2D eigenvalue weighted by atomic mass is 32.1. The van der Waals surface area contributed by atoms with Gasteiger partial charge in [0.15, 0.2) is 5.13 Å². The number of thiazole rings is 1. The van der Waals surface area contributed by atoms with Crippen LogP contribution in [0.15, 0.2) is 29.6 Å². The molecule has 1 aromatic heterocycles. The second kappa shape index (κ2) is 7.38. The number of nitrogens with zero attached hydrogens (tertiary/aromatic N) is 3. The molecule has 0 saturated carbocycles. The van der Waals surface area contributed by atoms with Crippen LogP contribution in [0.2, 0.25) is 0 Å². The summed E-state index contributed by atoms with van der Waals surface area (Å²) in [6.45, 7) is 4.08. The number of aromatic nitrogens is 1. The summed E-state index contributed by atoms with van der Waals surface area (Å²) in [6, 6.07) is 6.20. The molecule has 1 aliphatic rings. The molecular formula is C17H20FN3O2S. The van der Waals surface area contributed by atoms with Gasteiger partial charge in [0.25, 0.3) is 0 Å². The minimum atomic E-state index is -0.449. The molecule has 24 heavy (non-hydrogen) atoms. The molecule has 1 aliphatic heterocycles. The number of hydrogen-bond donors (Lipinski definition) is 1. The first kappa shape index (κ1) is 17.0. The third kappa shape index (κ3) is 3.63. The molecular weight excluding hydrogens is 329 g/mol. The van der Waals surface area contributed by atoms with E-state index in [2.05, 4.69) is 9.88 Å². The Morgan fingerprint density at radius 3 is 2.96 bits per heavy atom. The Labute approximate surface area is 144 Å². The Kier molecular flexibility index (Phi) is 5.23. The Morgan fingerprint density at radius 2 is 2.29 bits per heavy atom. The van der Waals surface area contributed by atoms with Gasteiger partial charge in [-0.05, 0) is 31.0 Å². The van der Waals surface area contributed by atoms with E-state index in [1.54, 1.807) is 18.2 Å². The number of para-hydroxylation sites is 1. The number of amides is 1. The number of halogens is 1. The van der Waals surface area contributed by atoms with Crippen LogP contribution in [0, 0.1) is 11.7 Å². The van der Waals surface area contributed by atoms with Crippen molar-refractivity contribution in [2.24, 2.45) is 5.92 Å². The molecule has 0 aliphatic carbocycles. The maximum absolute atomic E-state index is 14.1. The Hall–Kier alpha value is -1.83. The molecule has 128 valence electrons. The number of hydrogen-bond acceptors (Lipinski definition) is 5. The van der Waals surface area contributed by atoms with Gasteiger partial charge in [-0.15, -0.1) is 11.3 Å². The molecule has 1 atom stereocenters. The molecule has 0 bridgehead atoms. The second-order valence-corrected chi connectivity index (χ2v) is 6.84. The molecule has 1 saturated heterocycles. The third-order valence-electron chi connectivity index (χ3n) is 4.15. The summed E-state index contributed by atoms with van der Waals surface area (Å²) in [5, 5.41) is 11.6. The van der Waals surface area contributed by atoms with Crippen LogP contribution < -0.4 is 4.90 Å². The molecule has 1 N–H and O–H groups in total. The van der Waals surface area contributed by atoms with Crippen LogP contribution in [0.5, 0.6) is 0 Å². The zero-order chi connectivity index (χ0) is 17.1. The molecule has 3 rings (SSSR count). The predicted octanol–water partition coefficient (Wildman–Crippen LogP) is 2.78. The van der Waals surface area contributed by atoms with Gasteiger partial charge in [0.05, 0.1) is 11.4 Å². The van der Waals surface area contributed by atoms with Gasteiger partial charge in [-0.3, -0.25) is 14.6 Å². The van der Waals surface area contributed by atoms with Gasteiger partial charge in [0, 0.05) is 32.0 Å². The van der Waals surface area contributed by atoms with E-state index in [4.69, 9.17) is 0 Å². The van der Waals surface area contributed by atoms with E-state index in [1.165, 1.54) is 29.2 Å². The average Bonchev–Trinajstić information content (AvgIpc) is 3.19. The highest BCUT2D eigenvalue weighted by molar-refractivity contribution is 7.14. The number of likely N-dealkylation sites (tertiary alicyclic amines) is 1. The molecule has 1 aromatic carbocycles. The van der Waals surface area contributed by atoms with Crippen molar-refractivity contribution in [2.45, 2.75) is 19.9 Å². The first-order valence-corrected chi connectivity index (χ1v) is 8.79. The van der Waals surface area contributed by atoms with Gasteiger partial charge in [0.2, 0.25) is 5.91 Å². The Balaban J connectivity index is 1.78. The fourth-order valence-electron chi connectivity index (χ4n) is 2.95. The summed E-state index contributed by atoms with van der Waals surface area (Å²) >= 11 is 1.33. The molecule has 0 radical (unpaired) electrons. The first-order valence-electron chi connectivity index (χ1n) is 7.91. The number of carbonyl (C=O) groups excluding carboxylic acids is 1. The maximum atomic E-state index is 14.1. The minimum Gasteiger partial charge on any atom is -0.396 e. The fraction of sp³-hybridized carbons (Fsp3) is 0.412.